The SMILES string of the molecule is Cc1ccc(N2CC(C(=O)NCCCOC(C)C)CC2=O)cc1. The molecule has 23 heavy (non-hydrogen) atoms. The van der Waals surface area contributed by atoms with Crippen LogP contribution in [-0.2, 0) is 14.3 Å². The molecule has 0 spiro atoms. The molecule has 1 N–H and O–H groups in total. The van der Waals surface area contributed by atoms with Gasteiger partial charge >= 0.3 is 0 Å². The van der Waals surface area contributed by atoms with Crippen LogP contribution in [0.2, 0.25) is 0 Å². The Balaban J connectivity index is 1.80. The molecule has 1 atom stereocenters. The van der Waals surface area contributed by atoms with E-state index in [4.69, 9.17) is 4.74 Å². The van der Waals surface area contributed by atoms with Crippen molar-refractivity contribution in [1.82, 2.24) is 5.32 Å². The first-order valence-corrected chi connectivity index (χ1v) is 8.23. The van der Waals surface area contributed by atoms with Crippen molar-refractivity contribution < 1.29 is 14.3 Å². The Morgan fingerprint density at radius 2 is 2.04 bits per heavy atom. The van der Waals surface area contributed by atoms with Crippen LogP contribution in [0.15, 0.2) is 24.3 Å². The lowest BCUT2D eigenvalue weighted by atomic mass is 10.1. The highest BCUT2D eigenvalue weighted by Crippen LogP contribution is 2.25. The molecule has 1 saturated heterocycles. The van der Waals surface area contributed by atoms with Crippen LogP contribution in [0.1, 0.15) is 32.3 Å². The van der Waals surface area contributed by atoms with E-state index in [0.29, 0.717) is 19.7 Å². The Bertz CT molecular complexity index is 540. The molecular weight excluding hydrogens is 292 g/mol. The number of aryl methyl sites for hydroxylation is 1. The van der Waals surface area contributed by atoms with Gasteiger partial charge in [0.1, 0.15) is 0 Å². The standard InChI is InChI=1S/C18H26N2O3/c1-13(2)23-10-4-9-19-18(22)15-11-17(21)20(12-15)16-7-5-14(3)6-8-16/h5-8,13,15H,4,9-12H2,1-3H3,(H,19,22). The van der Waals surface area contributed by atoms with Crippen LogP contribution in [0.3, 0.4) is 0 Å². The zero-order valence-electron chi connectivity index (χ0n) is 14.2. The number of nitrogens with zero attached hydrogens (tertiary/aromatic N) is 1. The van der Waals surface area contributed by atoms with Crippen molar-refractivity contribution in [2.24, 2.45) is 5.92 Å². The Kier molecular flexibility index (Phi) is 6.16. The number of nitrogens with one attached hydrogen (secondary N) is 1. The molecule has 1 aliphatic heterocycles. The average molecular weight is 318 g/mol. The largest absolute Gasteiger partial charge is 0.379 e. The van der Waals surface area contributed by atoms with Gasteiger partial charge in [-0.3, -0.25) is 9.59 Å². The molecule has 1 aromatic carbocycles. The summed E-state index contributed by atoms with van der Waals surface area (Å²) in [4.78, 5) is 26.0. The number of hydrogen-bond donors (Lipinski definition) is 1. The minimum absolute atomic E-state index is 0.0112. The number of hydrogen-bond acceptors (Lipinski definition) is 3. The summed E-state index contributed by atoms with van der Waals surface area (Å²) < 4.78 is 5.44. The van der Waals surface area contributed by atoms with Gasteiger partial charge in [0, 0.05) is 31.8 Å². The lowest BCUT2D eigenvalue weighted by Crippen LogP contribution is -2.34. The minimum atomic E-state index is -0.269. The number of carbonyl (C=O) groups is 2. The number of ether oxygens (including phenoxy) is 1. The third-order valence-corrected chi connectivity index (χ3v) is 3.91. The maximum absolute atomic E-state index is 12.2. The molecule has 0 aliphatic carbocycles. The molecule has 1 aromatic rings. The molecule has 0 radical (unpaired) electrons. The van der Waals surface area contributed by atoms with Gasteiger partial charge in [-0.2, -0.15) is 0 Å². The van der Waals surface area contributed by atoms with Crippen LogP contribution in [0.5, 0.6) is 0 Å². The van der Waals surface area contributed by atoms with Crippen LogP contribution in [0.4, 0.5) is 5.69 Å². The quantitative estimate of drug-likeness (QED) is 0.785. The molecule has 5 nitrogen and oxygen atoms in total. The predicted octanol–water partition coefficient (Wildman–Crippen LogP) is 2.28. The zero-order chi connectivity index (χ0) is 16.8. The van der Waals surface area contributed by atoms with E-state index < -0.39 is 0 Å². The van der Waals surface area contributed by atoms with Crippen LogP contribution in [0.25, 0.3) is 0 Å². The summed E-state index contributed by atoms with van der Waals surface area (Å²) in [5.41, 5.74) is 2.01. The lowest BCUT2D eigenvalue weighted by molar-refractivity contribution is -0.126. The summed E-state index contributed by atoms with van der Waals surface area (Å²) in [6, 6.07) is 7.81. The van der Waals surface area contributed by atoms with Crippen molar-refractivity contribution in [2.75, 3.05) is 24.6 Å². The van der Waals surface area contributed by atoms with Gasteiger partial charge < -0.3 is 15.0 Å². The van der Waals surface area contributed by atoms with Crippen LogP contribution >= 0.6 is 0 Å². The minimum Gasteiger partial charge on any atom is -0.379 e. The van der Waals surface area contributed by atoms with Crippen LogP contribution < -0.4 is 10.2 Å². The molecule has 1 unspecified atom stereocenters. The average Bonchev–Trinajstić information content (AvgIpc) is 2.89. The van der Waals surface area contributed by atoms with E-state index in [2.05, 4.69) is 5.32 Å². The van der Waals surface area contributed by atoms with Crippen LogP contribution in [-0.4, -0.2) is 37.6 Å². The number of anilines is 1. The first kappa shape index (κ1) is 17.5. The highest BCUT2D eigenvalue weighted by molar-refractivity contribution is 6.00. The van der Waals surface area contributed by atoms with E-state index in [1.807, 2.05) is 45.0 Å². The normalized spacial score (nSPS) is 17.8. The molecular formula is C18H26N2O3. The molecule has 5 heteroatoms. The highest BCUT2D eigenvalue weighted by Gasteiger charge is 2.34. The summed E-state index contributed by atoms with van der Waals surface area (Å²) in [7, 11) is 0. The molecule has 0 saturated carbocycles. The van der Waals surface area contributed by atoms with Gasteiger partial charge in [0.2, 0.25) is 11.8 Å². The van der Waals surface area contributed by atoms with Crippen molar-refractivity contribution in [3.63, 3.8) is 0 Å². The van der Waals surface area contributed by atoms with E-state index >= 15 is 0 Å². The number of rotatable bonds is 7. The predicted molar refractivity (Wildman–Crippen MR) is 90.4 cm³/mol. The Morgan fingerprint density at radius 3 is 2.70 bits per heavy atom. The summed E-state index contributed by atoms with van der Waals surface area (Å²) >= 11 is 0. The van der Waals surface area contributed by atoms with E-state index in [9.17, 15) is 9.59 Å². The maximum atomic E-state index is 12.2. The molecule has 1 fully saturated rings. The van der Waals surface area contributed by atoms with Crippen molar-refractivity contribution in [3.05, 3.63) is 29.8 Å². The first-order valence-electron chi connectivity index (χ1n) is 8.23. The second-order valence-electron chi connectivity index (χ2n) is 6.31. The Morgan fingerprint density at radius 1 is 1.35 bits per heavy atom. The van der Waals surface area contributed by atoms with Crippen molar-refractivity contribution in [2.45, 2.75) is 39.7 Å². The van der Waals surface area contributed by atoms with Crippen molar-refractivity contribution in [3.8, 4) is 0 Å². The fraction of sp³-hybridized carbons (Fsp3) is 0.556. The summed E-state index contributed by atoms with van der Waals surface area (Å²) in [5, 5.41) is 2.90. The van der Waals surface area contributed by atoms with Crippen molar-refractivity contribution >= 4 is 17.5 Å². The molecule has 126 valence electrons. The van der Waals surface area contributed by atoms with Gasteiger partial charge in [0.25, 0.3) is 0 Å². The monoisotopic (exact) mass is 318 g/mol. The van der Waals surface area contributed by atoms with Crippen molar-refractivity contribution in [1.29, 1.82) is 0 Å². The van der Waals surface area contributed by atoms with Crippen LogP contribution in [0, 0.1) is 12.8 Å². The second kappa shape index (κ2) is 8.11. The molecule has 1 aliphatic rings. The van der Waals surface area contributed by atoms with Gasteiger partial charge in [-0.1, -0.05) is 17.7 Å². The number of benzene rings is 1. The zero-order valence-corrected chi connectivity index (χ0v) is 14.2. The number of carbonyl (C=O) groups excluding carboxylic acids is 2. The molecule has 1 heterocycles. The maximum Gasteiger partial charge on any atom is 0.227 e. The van der Waals surface area contributed by atoms with Gasteiger partial charge in [-0.05, 0) is 39.3 Å². The topological polar surface area (TPSA) is 58.6 Å². The smallest absolute Gasteiger partial charge is 0.227 e. The second-order valence-corrected chi connectivity index (χ2v) is 6.31. The fourth-order valence-electron chi connectivity index (χ4n) is 2.60. The van der Waals surface area contributed by atoms with E-state index in [1.54, 1.807) is 4.90 Å². The van der Waals surface area contributed by atoms with E-state index in [1.165, 1.54) is 0 Å². The van der Waals surface area contributed by atoms with Gasteiger partial charge in [0.05, 0.1) is 12.0 Å². The Hall–Kier alpha value is -1.88. The highest BCUT2D eigenvalue weighted by atomic mass is 16.5. The first-order chi connectivity index (χ1) is 11.0. The van der Waals surface area contributed by atoms with Gasteiger partial charge in [0.15, 0.2) is 0 Å². The van der Waals surface area contributed by atoms with E-state index in [0.717, 1.165) is 17.7 Å². The molecule has 0 bridgehead atoms. The third-order valence-electron chi connectivity index (χ3n) is 3.91. The molecule has 2 rings (SSSR count). The summed E-state index contributed by atoms with van der Waals surface area (Å²) in [5.74, 6) is -0.301. The number of amides is 2. The van der Waals surface area contributed by atoms with Gasteiger partial charge in [-0.15, -0.1) is 0 Å². The summed E-state index contributed by atoms with van der Waals surface area (Å²) in [6.07, 6.45) is 1.27. The lowest BCUT2D eigenvalue weighted by Gasteiger charge is -2.17. The molecule has 0 aromatic heterocycles. The summed E-state index contributed by atoms with van der Waals surface area (Å²) in [6.45, 7) is 7.66. The third kappa shape index (κ3) is 5.06. The molecule has 2 amide bonds. The van der Waals surface area contributed by atoms with E-state index in [-0.39, 0.29) is 30.3 Å². The Labute approximate surface area is 138 Å². The van der Waals surface area contributed by atoms with Gasteiger partial charge in [-0.25, -0.2) is 0 Å². The fourth-order valence-corrected chi connectivity index (χ4v) is 2.60.